The largest absolute Gasteiger partial charge is 0.309 e. The first kappa shape index (κ1) is 33.9. The zero-order chi connectivity index (χ0) is 40.0. The van der Waals surface area contributed by atoms with E-state index in [-0.39, 0.29) is 0 Å². The van der Waals surface area contributed by atoms with Crippen LogP contribution in [0.3, 0.4) is 0 Å². The van der Waals surface area contributed by atoms with Crippen LogP contribution in [0.1, 0.15) is 0 Å². The van der Waals surface area contributed by atoms with Crippen molar-refractivity contribution in [3.05, 3.63) is 224 Å². The lowest BCUT2D eigenvalue weighted by Gasteiger charge is -2.24. The van der Waals surface area contributed by atoms with Crippen LogP contribution in [0.4, 0.5) is 0 Å². The van der Waals surface area contributed by atoms with E-state index in [4.69, 9.17) is 0 Å². The normalized spacial score (nSPS) is 11.9. The Morgan fingerprint density at radius 2 is 0.623 bits per heavy atom. The molecule has 1 nitrogen and oxygen atoms in total. The van der Waals surface area contributed by atoms with E-state index < -0.39 is 0 Å². The maximum Gasteiger partial charge on any atom is 0.0547 e. The second kappa shape index (κ2) is 13.3. The van der Waals surface area contributed by atoms with Gasteiger partial charge in [0.1, 0.15) is 0 Å². The van der Waals surface area contributed by atoms with Gasteiger partial charge >= 0.3 is 0 Å². The summed E-state index contributed by atoms with van der Waals surface area (Å²) in [6.07, 6.45) is 0. The van der Waals surface area contributed by atoms with Crippen molar-refractivity contribution in [2.45, 2.75) is 0 Å². The minimum atomic E-state index is 1.15. The molecule has 1 aliphatic carbocycles. The lowest BCUT2D eigenvalue weighted by atomic mass is 9.79. The van der Waals surface area contributed by atoms with Crippen molar-refractivity contribution < 1.29 is 0 Å². The lowest BCUT2D eigenvalue weighted by molar-refractivity contribution is 1.18. The first-order valence-corrected chi connectivity index (χ1v) is 21.2. The molecular weight excluding hydrogens is 735 g/mol. The fraction of sp³-hybridized carbons (Fsp3) is 0. The van der Waals surface area contributed by atoms with E-state index in [0.717, 1.165) is 5.69 Å². The van der Waals surface area contributed by atoms with Crippen molar-refractivity contribution in [1.29, 1.82) is 0 Å². The van der Waals surface area contributed by atoms with Crippen LogP contribution in [0, 0.1) is 0 Å². The maximum absolute atomic E-state index is 2.45. The van der Waals surface area contributed by atoms with Crippen molar-refractivity contribution in [3.8, 4) is 72.4 Å². The summed E-state index contributed by atoms with van der Waals surface area (Å²) < 4.78 is 2.43. The Morgan fingerprint density at radius 1 is 0.230 bits per heavy atom. The molecule has 0 radical (unpaired) electrons. The van der Waals surface area contributed by atoms with Crippen LogP contribution in [0.25, 0.3) is 127 Å². The fourth-order valence-corrected chi connectivity index (χ4v) is 10.5. The van der Waals surface area contributed by atoms with Gasteiger partial charge in [-0.05, 0) is 135 Å². The summed E-state index contributed by atoms with van der Waals surface area (Å²) in [7, 11) is 0. The predicted octanol–water partition coefficient (Wildman–Crippen LogP) is 16.6. The molecule has 0 amide bonds. The minimum Gasteiger partial charge on any atom is -0.309 e. The summed E-state index contributed by atoms with van der Waals surface area (Å²) in [5.41, 5.74) is 18.6. The molecule has 0 unspecified atom stereocenters. The van der Waals surface area contributed by atoms with E-state index >= 15 is 0 Å². The molecule has 1 aromatic heterocycles. The van der Waals surface area contributed by atoms with Crippen molar-refractivity contribution >= 4 is 54.1 Å². The molecule has 282 valence electrons. The molecule has 61 heavy (non-hydrogen) atoms. The molecule has 0 saturated carbocycles. The number of hydrogen-bond acceptors (Lipinski definition) is 0. The van der Waals surface area contributed by atoms with Crippen LogP contribution in [-0.4, -0.2) is 4.57 Å². The molecule has 13 rings (SSSR count). The van der Waals surface area contributed by atoms with E-state index in [1.54, 1.807) is 0 Å². The van der Waals surface area contributed by atoms with Gasteiger partial charge in [0, 0.05) is 16.5 Å². The van der Waals surface area contributed by atoms with Crippen LogP contribution >= 0.6 is 0 Å². The van der Waals surface area contributed by atoms with Gasteiger partial charge in [-0.2, -0.15) is 0 Å². The van der Waals surface area contributed by atoms with E-state index in [1.165, 1.54) is 121 Å². The van der Waals surface area contributed by atoms with Crippen molar-refractivity contribution in [1.82, 2.24) is 4.57 Å². The Labute approximate surface area is 354 Å². The Bertz CT molecular complexity index is 3690. The second-order valence-corrected chi connectivity index (χ2v) is 16.4. The highest BCUT2D eigenvalue weighted by Gasteiger charge is 2.24. The Balaban J connectivity index is 1.01. The Kier molecular flexibility index (Phi) is 7.37. The van der Waals surface area contributed by atoms with Gasteiger partial charge in [-0.15, -0.1) is 0 Å². The first-order valence-electron chi connectivity index (χ1n) is 21.2. The summed E-state index contributed by atoms with van der Waals surface area (Å²) in [5, 5.41) is 10.1. The fourth-order valence-electron chi connectivity index (χ4n) is 10.5. The van der Waals surface area contributed by atoms with Gasteiger partial charge in [0.15, 0.2) is 0 Å². The summed E-state index contributed by atoms with van der Waals surface area (Å²) in [4.78, 5) is 0. The van der Waals surface area contributed by atoms with E-state index in [2.05, 4.69) is 229 Å². The first-order chi connectivity index (χ1) is 30.3. The third-order valence-electron chi connectivity index (χ3n) is 13.1. The summed E-state index contributed by atoms with van der Waals surface area (Å²) in [6.45, 7) is 0. The number of aromatic nitrogens is 1. The third-order valence-corrected chi connectivity index (χ3v) is 13.1. The van der Waals surface area contributed by atoms with Gasteiger partial charge in [-0.1, -0.05) is 188 Å². The van der Waals surface area contributed by atoms with Crippen molar-refractivity contribution in [2.75, 3.05) is 0 Å². The molecule has 12 aromatic rings. The van der Waals surface area contributed by atoms with Crippen LogP contribution in [0.5, 0.6) is 0 Å². The topological polar surface area (TPSA) is 4.93 Å². The maximum atomic E-state index is 2.45. The average molecular weight is 772 g/mol. The van der Waals surface area contributed by atoms with E-state index in [9.17, 15) is 0 Å². The highest BCUT2D eigenvalue weighted by molar-refractivity contribution is 6.22. The summed E-state index contributed by atoms with van der Waals surface area (Å²) in [6, 6.07) is 83.3. The average Bonchev–Trinajstić information content (AvgIpc) is 3.65. The molecule has 0 atom stereocenters. The monoisotopic (exact) mass is 771 g/mol. The molecule has 1 heterocycles. The molecule has 1 aliphatic rings. The van der Waals surface area contributed by atoms with E-state index in [0.29, 0.717) is 0 Å². The van der Waals surface area contributed by atoms with Crippen molar-refractivity contribution in [3.63, 3.8) is 0 Å². The zero-order valence-electron chi connectivity index (χ0n) is 33.3. The van der Waals surface area contributed by atoms with Gasteiger partial charge in [0.2, 0.25) is 0 Å². The van der Waals surface area contributed by atoms with E-state index in [1.807, 2.05) is 0 Å². The number of hydrogen-bond donors (Lipinski definition) is 0. The predicted molar refractivity (Wildman–Crippen MR) is 259 cm³/mol. The molecule has 11 aromatic carbocycles. The molecule has 1 heteroatoms. The van der Waals surface area contributed by atoms with Crippen LogP contribution < -0.4 is 0 Å². The van der Waals surface area contributed by atoms with Gasteiger partial charge in [-0.3, -0.25) is 0 Å². The zero-order valence-corrected chi connectivity index (χ0v) is 33.3. The summed E-state index contributed by atoms with van der Waals surface area (Å²) >= 11 is 0. The van der Waals surface area contributed by atoms with Gasteiger partial charge < -0.3 is 4.57 Å². The van der Waals surface area contributed by atoms with Gasteiger partial charge in [-0.25, -0.2) is 0 Å². The smallest absolute Gasteiger partial charge is 0.0547 e. The van der Waals surface area contributed by atoms with Crippen molar-refractivity contribution in [2.24, 2.45) is 0 Å². The number of para-hydroxylation sites is 1. The number of nitrogens with zero attached hydrogens (tertiary/aromatic N) is 1. The number of fused-ring (bicyclic) bond motifs is 14. The second-order valence-electron chi connectivity index (χ2n) is 16.4. The quantitative estimate of drug-likeness (QED) is 0.158. The minimum absolute atomic E-state index is 1.15. The number of rotatable bonds is 3. The van der Waals surface area contributed by atoms with Gasteiger partial charge in [0.25, 0.3) is 0 Å². The highest BCUT2D eigenvalue weighted by atomic mass is 15.0. The molecule has 0 fully saturated rings. The molecule has 0 bridgehead atoms. The van der Waals surface area contributed by atoms with Crippen LogP contribution in [0.2, 0.25) is 0 Å². The van der Waals surface area contributed by atoms with Crippen LogP contribution in [-0.2, 0) is 0 Å². The van der Waals surface area contributed by atoms with Gasteiger partial charge in [0.05, 0.1) is 11.0 Å². The third kappa shape index (κ3) is 5.08. The summed E-state index contributed by atoms with van der Waals surface area (Å²) in [5.74, 6) is 0. The SMILES string of the molecule is c1ccc2c(c1)-c1ccccc1-c1ccc(-c3c4ccccc4c(-c4ccc(-n5c6ccccc6c6cc7ccccc7cc65)cc4)c4ccccc34)cc1-c1ccccc1-2. The molecule has 0 spiro atoms. The lowest BCUT2D eigenvalue weighted by Crippen LogP contribution is -1.98. The molecule has 0 saturated heterocycles. The number of benzene rings is 11. The molecule has 0 N–H and O–H groups in total. The molecule has 0 aliphatic heterocycles. The molecular formula is C60H37N. The standard InChI is InChI=1S/C60H37N/c1-2-16-40-37-58-56(35-39(40)15-1)50-23-13-14-28-57(50)61(58)42-32-29-38(30-33-42)59-51-24-9-11-26-53(51)60(54-27-12-10-25-52(54)59)41-31-34-49-47-21-6-5-19-45(47)43-17-3-4-18-44(43)46-20-7-8-22-48(46)55(49)36-41/h1-37H. The Morgan fingerprint density at radius 3 is 1.16 bits per heavy atom. The van der Waals surface area contributed by atoms with Crippen LogP contribution in [0.15, 0.2) is 224 Å². The highest BCUT2D eigenvalue weighted by Crippen LogP contribution is 2.50. The Hall–Kier alpha value is -8.00.